The van der Waals surface area contributed by atoms with Gasteiger partial charge in [-0.1, -0.05) is 43.7 Å². The topological polar surface area (TPSA) is 59.1 Å². The maximum absolute atomic E-state index is 13.8. The van der Waals surface area contributed by atoms with E-state index in [2.05, 4.69) is 30.5 Å². The van der Waals surface area contributed by atoms with E-state index in [0.717, 1.165) is 24.8 Å². The molecule has 4 rings (SSSR count). The average Bonchev–Trinajstić information content (AvgIpc) is 3.39. The Labute approximate surface area is 211 Å². The van der Waals surface area contributed by atoms with Crippen LogP contribution in [0.5, 0.6) is 11.5 Å². The van der Waals surface area contributed by atoms with E-state index in [1.807, 2.05) is 23.1 Å². The Balaban J connectivity index is 1.61. The number of hydrogen-bond donors (Lipinski definition) is 0. The number of unbranched alkanes of at least 4 members (excludes halogenated alkanes) is 1. The highest BCUT2D eigenvalue weighted by atomic mass is 32.1. The Morgan fingerprint density at radius 1 is 1.09 bits per heavy atom. The van der Waals surface area contributed by atoms with Crippen LogP contribution in [0.25, 0.3) is 0 Å². The van der Waals surface area contributed by atoms with E-state index < -0.39 is 0 Å². The van der Waals surface area contributed by atoms with E-state index in [1.54, 1.807) is 41.5 Å². The maximum Gasteiger partial charge on any atom is 0.258 e. The van der Waals surface area contributed by atoms with Crippen molar-refractivity contribution in [2.75, 3.05) is 33.9 Å². The summed E-state index contributed by atoms with van der Waals surface area (Å²) in [4.78, 5) is 32.3. The Morgan fingerprint density at radius 2 is 1.89 bits per heavy atom. The molecule has 1 unspecified atom stereocenters. The highest BCUT2D eigenvalue weighted by Crippen LogP contribution is 2.38. The molecule has 6 nitrogen and oxygen atoms in total. The summed E-state index contributed by atoms with van der Waals surface area (Å²) in [7, 11) is 3.10. The molecule has 2 heterocycles. The minimum atomic E-state index is -0.212. The van der Waals surface area contributed by atoms with Gasteiger partial charge < -0.3 is 19.3 Å². The number of fused-ring (bicyclic) bond motifs is 1. The third-order valence-corrected chi connectivity index (χ3v) is 7.43. The predicted molar refractivity (Wildman–Crippen MR) is 138 cm³/mol. The Morgan fingerprint density at radius 3 is 2.60 bits per heavy atom. The number of carbonyl (C=O) groups excluding carboxylic acids is 2. The number of thiophene rings is 1. The molecule has 1 aromatic heterocycles. The Bertz CT molecular complexity index is 1160. The molecule has 1 aliphatic heterocycles. The fourth-order valence-corrected chi connectivity index (χ4v) is 5.48. The van der Waals surface area contributed by atoms with Crippen LogP contribution >= 0.6 is 11.3 Å². The quantitative estimate of drug-likeness (QED) is 0.413. The van der Waals surface area contributed by atoms with Crippen LogP contribution in [0.2, 0.25) is 0 Å². The third kappa shape index (κ3) is 5.35. The van der Waals surface area contributed by atoms with E-state index in [0.29, 0.717) is 30.2 Å². The first-order chi connectivity index (χ1) is 17.1. The first-order valence-electron chi connectivity index (χ1n) is 12.0. The number of benzene rings is 2. The van der Waals surface area contributed by atoms with Crippen molar-refractivity contribution >= 4 is 23.2 Å². The maximum atomic E-state index is 13.8. The molecular formula is C28H32N2O4S. The smallest absolute Gasteiger partial charge is 0.258 e. The molecule has 2 aromatic carbocycles. The van der Waals surface area contributed by atoms with Gasteiger partial charge in [0.2, 0.25) is 5.91 Å². The summed E-state index contributed by atoms with van der Waals surface area (Å²) >= 11 is 1.75. The van der Waals surface area contributed by atoms with Crippen molar-refractivity contribution < 1.29 is 19.1 Å². The zero-order valence-electron chi connectivity index (χ0n) is 20.5. The summed E-state index contributed by atoms with van der Waals surface area (Å²) in [5.74, 6) is 0.787. The molecule has 0 saturated heterocycles. The van der Waals surface area contributed by atoms with Crippen molar-refractivity contribution in [1.82, 2.24) is 9.80 Å². The van der Waals surface area contributed by atoms with E-state index >= 15 is 0 Å². The molecule has 0 spiro atoms. The molecule has 0 N–H and O–H groups in total. The van der Waals surface area contributed by atoms with Crippen LogP contribution in [0.4, 0.5) is 0 Å². The van der Waals surface area contributed by atoms with Gasteiger partial charge in [-0.05, 0) is 47.5 Å². The van der Waals surface area contributed by atoms with Crippen molar-refractivity contribution in [3.63, 3.8) is 0 Å². The summed E-state index contributed by atoms with van der Waals surface area (Å²) in [6.07, 6.45) is 2.57. The summed E-state index contributed by atoms with van der Waals surface area (Å²) < 4.78 is 10.7. The molecular weight excluding hydrogens is 460 g/mol. The molecule has 7 heteroatoms. The molecule has 0 bridgehead atoms. The predicted octanol–water partition coefficient (Wildman–Crippen LogP) is 5.18. The van der Waals surface area contributed by atoms with Gasteiger partial charge >= 0.3 is 0 Å². The highest BCUT2D eigenvalue weighted by molar-refractivity contribution is 7.10. The van der Waals surface area contributed by atoms with Crippen LogP contribution < -0.4 is 9.47 Å². The summed E-state index contributed by atoms with van der Waals surface area (Å²) in [5.41, 5.74) is 2.70. The SMILES string of the molecule is CCCCN(CC(=O)N1CCc2sccc2C1c1ccccc1)C(=O)c1ccc(OC)cc1OC. The van der Waals surface area contributed by atoms with Gasteiger partial charge in [0.05, 0.1) is 25.8 Å². The van der Waals surface area contributed by atoms with Gasteiger partial charge in [0.25, 0.3) is 5.91 Å². The molecule has 1 aliphatic rings. The highest BCUT2D eigenvalue weighted by Gasteiger charge is 2.34. The monoisotopic (exact) mass is 492 g/mol. The Kier molecular flexibility index (Phi) is 8.08. The average molecular weight is 493 g/mol. The first-order valence-corrected chi connectivity index (χ1v) is 12.9. The molecule has 1 atom stereocenters. The van der Waals surface area contributed by atoms with E-state index in [-0.39, 0.29) is 24.4 Å². The van der Waals surface area contributed by atoms with Crippen LogP contribution in [0.15, 0.2) is 60.0 Å². The molecule has 0 saturated carbocycles. The van der Waals surface area contributed by atoms with Gasteiger partial charge in [-0.3, -0.25) is 9.59 Å². The zero-order chi connectivity index (χ0) is 24.8. The van der Waals surface area contributed by atoms with E-state index in [1.165, 1.54) is 17.6 Å². The van der Waals surface area contributed by atoms with Crippen molar-refractivity contribution in [3.05, 3.63) is 81.5 Å². The van der Waals surface area contributed by atoms with Crippen LogP contribution in [0.1, 0.15) is 52.2 Å². The molecule has 0 aliphatic carbocycles. The van der Waals surface area contributed by atoms with Crippen LogP contribution in [-0.4, -0.2) is 55.5 Å². The fourth-order valence-electron chi connectivity index (χ4n) is 4.58. The standard InChI is InChI=1S/C28H32N2O4S/c1-4-5-15-29(28(32)22-12-11-21(33-2)18-24(22)34-3)19-26(31)30-16-13-25-23(14-17-35-25)27(30)20-9-7-6-8-10-20/h6-12,14,17-18,27H,4-5,13,15-16,19H2,1-3H3. The first kappa shape index (κ1) is 24.8. The van der Waals surface area contributed by atoms with Crippen molar-refractivity contribution in [3.8, 4) is 11.5 Å². The number of amides is 2. The lowest BCUT2D eigenvalue weighted by molar-refractivity contribution is -0.134. The van der Waals surface area contributed by atoms with E-state index in [9.17, 15) is 9.59 Å². The summed E-state index contributed by atoms with van der Waals surface area (Å²) in [6.45, 7) is 3.24. The van der Waals surface area contributed by atoms with Crippen LogP contribution in [-0.2, 0) is 11.2 Å². The molecule has 0 fully saturated rings. The van der Waals surface area contributed by atoms with Crippen LogP contribution in [0.3, 0.4) is 0 Å². The number of rotatable bonds is 9. The number of hydrogen-bond acceptors (Lipinski definition) is 5. The number of carbonyl (C=O) groups is 2. The van der Waals surface area contributed by atoms with Crippen molar-refractivity contribution in [2.45, 2.75) is 32.2 Å². The fraction of sp³-hybridized carbons (Fsp3) is 0.357. The number of methoxy groups -OCH3 is 2. The van der Waals surface area contributed by atoms with Crippen LogP contribution in [0, 0.1) is 0 Å². The molecule has 2 amide bonds. The lowest BCUT2D eigenvalue weighted by atomic mass is 9.93. The van der Waals surface area contributed by atoms with Gasteiger partial charge in [-0.15, -0.1) is 11.3 Å². The second-order valence-electron chi connectivity index (χ2n) is 8.60. The molecule has 35 heavy (non-hydrogen) atoms. The third-order valence-electron chi connectivity index (χ3n) is 6.44. The zero-order valence-corrected chi connectivity index (χ0v) is 21.3. The van der Waals surface area contributed by atoms with Gasteiger partial charge in [0, 0.05) is 24.0 Å². The normalized spacial score (nSPS) is 14.8. The van der Waals surface area contributed by atoms with Gasteiger partial charge in [0.1, 0.15) is 18.0 Å². The lowest BCUT2D eigenvalue weighted by Gasteiger charge is -2.37. The molecule has 184 valence electrons. The van der Waals surface area contributed by atoms with E-state index in [4.69, 9.17) is 9.47 Å². The van der Waals surface area contributed by atoms with Gasteiger partial charge in [-0.25, -0.2) is 0 Å². The second-order valence-corrected chi connectivity index (χ2v) is 9.60. The lowest BCUT2D eigenvalue weighted by Crippen LogP contribution is -2.47. The molecule has 3 aromatic rings. The minimum Gasteiger partial charge on any atom is -0.497 e. The van der Waals surface area contributed by atoms with Gasteiger partial charge in [-0.2, -0.15) is 0 Å². The van der Waals surface area contributed by atoms with Crippen molar-refractivity contribution in [1.29, 1.82) is 0 Å². The summed E-state index contributed by atoms with van der Waals surface area (Å²) in [6, 6.07) is 17.3. The van der Waals surface area contributed by atoms with Crippen molar-refractivity contribution in [2.24, 2.45) is 0 Å². The van der Waals surface area contributed by atoms with Gasteiger partial charge in [0.15, 0.2) is 0 Å². The second kappa shape index (κ2) is 11.4. The Hall–Kier alpha value is -3.32. The number of ether oxygens (including phenoxy) is 2. The molecule has 0 radical (unpaired) electrons. The minimum absolute atomic E-state index is 0.0246. The summed E-state index contributed by atoms with van der Waals surface area (Å²) in [5, 5.41) is 2.10. The largest absolute Gasteiger partial charge is 0.497 e. The number of nitrogens with zero attached hydrogens (tertiary/aromatic N) is 2.